The van der Waals surface area contributed by atoms with Crippen molar-refractivity contribution >= 4 is 45.3 Å². The highest BCUT2D eigenvalue weighted by molar-refractivity contribution is 14.1. The van der Waals surface area contributed by atoms with Gasteiger partial charge in [0.05, 0.1) is 5.56 Å². The van der Waals surface area contributed by atoms with Crippen LogP contribution in [0.5, 0.6) is 0 Å². The topological polar surface area (TPSA) is 56.0 Å². The lowest BCUT2D eigenvalue weighted by atomic mass is 10.3. The van der Waals surface area contributed by atoms with Crippen LogP contribution in [0.3, 0.4) is 0 Å². The Morgan fingerprint density at radius 1 is 1.64 bits per heavy atom. The van der Waals surface area contributed by atoms with Crippen LogP contribution in [0.15, 0.2) is 12.1 Å². The lowest BCUT2D eigenvalue weighted by Gasteiger charge is -1.97. The number of nitrogens with two attached hydrogens (primary N) is 1. The van der Waals surface area contributed by atoms with Crippen LogP contribution in [-0.4, -0.2) is 10.2 Å². The first-order valence-electron chi connectivity index (χ1n) is 2.73. The van der Waals surface area contributed by atoms with E-state index in [1.165, 1.54) is 0 Å². The number of nitrogen functional groups attached to an aromatic ring is 1. The van der Waals surface area contributed by atoms with Crippen LogP contribution in [0.4, 0.5) is 5.82 Å². The Balaban J connectivity index is 3.20. The summed E-state index contributed by atoms with van der Waals surface area (Å²) < 4.78 is 0.738. The van der Waals surface area contributed by atoms with Crippen molar-refractivity contribution in [1.82, 2.24) is 4.98 Å². The molecule has 0 aliphatic carbocycles. The summed E-state index contributed by atoms with van der Waals surface area (Å²) in [5.74, 6) is 0.178. The molecule has 58 valence electrons. The molecule has 3 nitrogen and oxygen atoms in total. The molecule has 5 heteroatoms. The molecule has 0 aliphatic rings. The van der Waals surface area contributed by atoms with Crippen LogP contribution in [0.1, 0.15) is 10.4 Å². The van der Waals surface area contributed by atoms with E-state index in [2.05, 4.69) is 4.98 Å². The average Bonchev–Trinajstić information content (AvgIpc) is 1.85. The lowest BCUT2D eigenvalue weighted by molar-refractivity contribution is 0.108. The third-order valence-electron chi connectivity index (χ3n) is 1.10. The first-order chi connectivity index (χ1) is 5.11. The molecule has 1 aromatic rings. The van der Waals surface area contributed by atoms with Crippen molar-refractivity contribution in [2.45, 2.75) is 0 Å². The molecule has 0 aliphatic heterocycles. The van der Waals surface area contributed by atoms with E-state index in [4.69, 9.17) is 17.3 Å². The number of hydrogen-bond acceptors (Lipinski definition) is 3. The minimum Gasteiger partial charge on any atom is -0.383 e. The van der Waals surface area contributed by atoms with E-state index in [1.54, 1.807) is 12.1 Å². The SMILES string of the molecule is Nc1nc(I)ccc1C(=O)Cl. The highest BCUT2D eigenvalue weighted by Gasteiger charge is 2.06. The predicted molar refractivity (Wildman–Crippen MR) is 51.5 cm³/mol. The summed E-state index contributed by atoms with van der Waals surface area (Å²) in [5.41, 5.74) is 5.66. The van der Waals surface area contributed by atoms with Crippen LogP contribution >= 0.6 is 34.2 Å². The summed E-state index contributed by atoms with van der Waals surface area (Å²) in [6, 6.07) is 3.23. The zero-order valence-electron chi connectivity index (χ0n) is 5.34. The maximum absolute atomic E-state index is 10.6. The maximum atomic E-state index is 10.6. The number of halogens is 2. The maximum Gasteiger partial charge on any atom is 0.256 e. The van der Waals surface area contributed by atoms with Crippen molar-refractivity contribution in [2.75, 3.05) is 5.73 Å². The molecule has 1 rings (SSSR count). The molecule has 0 saturated heterocycles. The monoisotopic (exact) mass is 282 g/mol. The van der Waals surface area contributed by atoms with E-state index < -0.39 is 5.24 Å². The fourth-order valence-electron chi connectivity index (χ4n) is 0.616. The Morgan fingerprint density at radius 3 is 2.73 bits per heavy atom. The van der Waals surface area contributed by atoms with Gasteiger partial charge >= 0.3 is 0 Å². The van der Waals surface area contributed by atoms with Gasteiger partial charge in [0.25, 0.3) is 5.24 Å². The van der Waals surface area contributed by atoms with Crippen LogP contribution in [0.25, 0.3) is 0 Å². The molecule has 0 unspecified atom stereocenters. The van der Waals surface area contributed by atoms with Gasteiger partial charge in [-0.1, -0.05) is 0 Å². The molecular weight excluding hydrogens is 278 g/mol. The zero-order valence-corrected chi connectivity index (χ0v) is 8.26. The van der Waals surface area contributed by atoms with Crippen LogP contribution < -0.4 is 5.73 Å². The Kier molecular flexibility index (Phi) is 2.67. The minimum absolute atomic E-state index is 0.178. The third-order valence-corrected chi connectivity index (χ3v) is 1.91. The van der Waals surface area contributed by atoms with Crippen molar-refractivity contribution in [2.24, 2.45) is 0 Å². The minimum atomic E-state index is -0.577. The number of pyridine rings is 1. The molecule has 2 N–H and O–H groups in total. The second-order valence-electron chi connectivity index (χ2n) is 1.84. The normalized spacial score (nSPS) is 9.64. The summed E-state index contributed by atoms with van der Waals surface area (Å²) in [6.45, 7) is 0. The Bertz CT molecular complexity index is 303. The van der Waals surface area contributed by atoms with Gasteiger partial charge in [-0.2, -0.15) is 0 Å². The molecule has 1 heterocycles. The van der Waals surface area contributed by atoms with Gasteiger partial charge in [-0.15, -0.1) is 0 Å². The number of anilines is 1. The summed E-state index contributed by atoms with van der Waals surface area (Å²) >= 11 is 7.20. The summed E-state index contributed by atoms with van der Waals surface area (Å²) in [7, 11) is 0. The van der Waals surface area contributed by atoms with Gasteiger partial charge in [-0.25, -0.2) is 4.98 Å². The van der Waals surface area contributed by atoms with Crippen molar-refractivity contribution < 1.29 is 4.79 Å². The van der Waals surface area contributed by atoms with E-state index in [9.17, 15) is 4.79 Å². The van der Waals surface area contributed by atoms with Crippen molar-refractivity contribution in [1.29, 1.82) is 0 Å². The molecular formula is C6H4ClIN2O. The first kappa shape index (κ1) is 8.73. The molecule has 0 saturated carbocycles. The molecule has 0 atom stereocenters. The number of aromatic nitrogens is 1. The zero-order chi connectivity index (χ0) is 8.43. The van der Waals surface area contributed by atoms with Gasteiger partial charge in [-0.3, -0.25) is 4.79 Å². The fraction of sp³-hybridized carbons (Fsp3) is 0. The van der Waals surface area contributed by atoms with Gasteiger partial charge in [0.1, 0.15) is 9.52 Å². The predicted octanol–water partition coefficient (Wildman–Crippen LogP) is 1.65. The molecule has 1 aromatic heterocycles. The Labute approximate surface area is 82.1 Å². The van der Waals surface area contributed by atoms with Gasteiger partial charge in [-0.05, 0) is 46.3 Å². The van der Waals surface area contributed by atoms with E-state index in [-0.39, 0.29) is 11.4 Å². The highest BCUT2D eigenvalue weighted by Crippen LogP contribution is 2.13. The van der Waals surface area contributed by atoms with E-state index in [1.807, 2.05) is 22.6 Å². The van der Waals surface area contributed by atoms with Gasteiger partial charge in [0, 0.05) is 0 Å². The second kappa shape index (κ2) is 3.36. The number of carbonyl (C=O) groups excluding carboxylic acids is 1. The van der Waals surface area contributed by atoms with Gasteiger partial charge in [0.15, 0.2) is 0 Å². The molecule has 11 heavy (non-hydrogen) atoms. The smallest absolute Gasteiger partial charge is 0.256 e. The largest absolute Gasteiger partial charge is 0.383 e. The van der Waals surface area contributed by atoms with E-state index >= 15 is 0 Å². The number of nitrogens with zero attached hydrogens (tertiary/aromatic N) is 1. The number of hydrogen-bond donors (Lipinski definition) is 1. The number of rotatable bonds is 1. The lowest BCUT2D eigenvalue weighted by Crippen LogP contribution is -2.01. The third kappa shape index (κ3) is 2.03. The number of carbonyl (C=O) groups is 1. The van der Waals surface area contributed by atoms with Crippen molar-refractivity contribution in [3.05, 3.63) is 21.4 Å². The van der Waals surface area contributed by atoms with Crippen molar-refractivity contribution in [3.8, 4) is 0 Å². The molecule has 0 amide bonds. The summed E-state index contributed by atoms with van der Waals surface area (Å²) in [5, 5.41) is -0.577. The Morgan fingerprint density at radius 2 is 2.27 bits per heavy atom. The quantitative estimate of drug-likeness (QED) is 0.484. The first-order valence-corrected chi connectivity index (χ1v) is 4.19. The molecule has 0 aromatic carbocycles. The van der Waals surface area contributed by atoms with E-state index in [0.717, 1.165) is 3.70 Å². The summed E-state index contributed by atoms with van der Waals surface area (Å²) in [4.78, 5) is 14.5. The molecule has 0 radical (unpaired) electrons. The van der Waals surface area contributed by atoms with Crippen LogP contribution in [-0.2, 0) is 0 Å². The van der Waals surface area contributed by atoms with Crippen molar-refractivity contribution in [3.63, 3.8) is 0 Å². The molecule has 0 bridgehead atoms. The molecule has 0 fully saturated rings. The van der Waals surface area contributed by atoms with Gasteiger partial charge in [0.2, 0.25) is 0 Å². The fourth-order valence-corrected chi connectivity index (χ4v) is 1.22. The Hall–Kier alpha value is -0.360. The second-order valence-corrected chi connectivity index (χ2v) is 3.29. The average molecular weight is 282 g/mol. The van der Waals surface area contributed by atoms with Crippen LogP contribution in [0, 0.1) is 3.70 Å². The van der Waals surface area contributed by atoms with E-state index in [0.29, 0.717) is 0 Å². The standard InChI is InChI=1S/C6H4ClIN2O/c7-5(11)3-1-2-4(8)10-6(3)9/h1-2H,(H2,9,10). The van der Waals surface area contributed by atoms with Gasteiger partial charge < -0.3 is 5.73 Å². The summed E-state index contributed by atoms with van der Waals surface area (Å²) in [6.07, 6.45) is 0. The van der Waals surface area contributed by atoms with Crippen LogP contribution in [0.2, 0.25) is 0 Å². The highest BCUT2D eigenvalue weighted by atomic mass is 127. The molecule has 0 spiro atoms.